The Morgan fingerprint density at radius 1 is 0.909 bits per heavy atom. The standard InChI is InChI=1S/C30H46O3/c1-25(2)14-15-30-17-23(33-24(30)32)29(7)18(19(30)16-25)8-9-21-27(5)12-11-22(31)26(3,4)20(27)10-13-28(21,29)6/h8,19-23,31H,9-17H2,1-7H3/t19-,20-,21+,22-,23+,27-,28+,29-,30-/m0/s1. The van der Waals surface area contributed by atoms with Crippen LogP contribution < -0.4 is 0 Å². The van der Waals surface area contributed by atoms with Crippen molar-refractivity contribution in [3.63, 3.8) is 0 Å². The second kappa shape index (κ2) is 6.29. The largest absolute Gasteiger partial charge is 0.461 e. The predicted molar refractivity (Wildman–Crippen MR) is 130 cm³/mol. The lowest BCUT2D eigenvalue weighted by Gasteiger charge is -2.70. The first-order valence-corrected chi connectivity index (χ1v) is 13.8. The fraction of sp³-hybridized carbons (Fsp3) is 0.900. The molecule has 2 bridgehead atoms. The average molecular weight is 455 g/mol. The van der Waals surface area contributed by atoms with E-state index in [1.165, 1.54) is 12.8 Å². The van der Waals surface area contributed by atoms with Gasteiger partial charge in [-0.25, -0.2) is 0 Å². The molecule has 184 valence electrons. The summed E-state index contributed by atoms with van der Waals surface area (Å²) < 4.78 is 6.41. The lowest BCUT2D eigenvalue weighted by molar-refractivity contribution is -0.212. The van der Waals surface area contributed by atoms with Crippen molar-refractivity contribution in [3.8, 4) is 0 Å². The number of allylic oxidation sites excluding steroid dienone is 1. The Bertz CT molecular complexity index is 931. The van der Waals surface area contributed by atoms with Crippen LogP contribution in [0.25, 0.3) is 0 Å². The summed E-state index contributed by atoms with van der Waals surface area (Å²) in [6.07, 6.45) is 12.2. The third-order valence-corrected chi connectivity index (χ3v) is 13.3. The van der Waals surface area contributed by atoms with E-state index in [-0.39, 0.29) is 50.7 Å². The average Bonchev–Trinajstić information content (AvgIpc) is 3.03. The molecule has 4 saturated carbocycles. The van der Waals surface area contributed by atoms with Crippen LogP contribution in [0, 0.1) is 50.2 Å². The highest BCUT2D eigenvalue weighted by atomic mass is 16.6. The number of carbonyl (C=O) groups excluding carboxylic acids is 1. The van der Waals surface area contributed by atoms with E-state index in [9.17, 15) is 9.90 Å². The normalized spacial score (nSPS) is 55.9. The molecular formula is C30H46O3. The van der Waals surface area contributed by atoms with E-state index in [4.69, 9.17) is 4.74 Å². The molecule has 3 nitrogen and oxygen atoms in total. The van der Waals surface area contributed by atoms with Gasteiger partial charge in [0.05, 0.1) is 11.5 Å². The summed E-state index contributed by atoms with van der Waals surface area (Å²) in [5.41, 5.74) is 1.87. The number of hydrogen-bond acceptors (Lipinski definition) is 3. The second-order valence-corrected chi connectivity index (χ2v) is 15.2. The second-order valence-electron chi connectivity index (χ2n) is 15.2. The molecule has 5 fully saturated rings. The molecule has 1 N–H and O–H groups in total. The molecule has 5 aliphatic carbocycles. The van der Waals surface area contributed by atoms with Crippen molar-refractivity contribution in [3.05, 3.63) is 11.6 Å². The molecule has 1 saturated heterocycles. The lowest BCUT2D eigenvalue weighted by Crippen LogP contribution is -2.66. The van der Waals surface area contributed by atoms with Gasteiger partial charge in [-0.15, -0.1) is 0 Å². The molecule has 1 heterocycles. The third kappa shape index (κ3) is 2.44. The zero-order valence-electron chi connectivity index (χ0n) is 22.1. The minimum absolute atomic E-state index is 0.0313. The summed E-state index contributed by atoms with van der Waals surface area (Å²) in [4.78, 5) is 13.5. The first-order valence-electron chi connectivity index (χ1n) is 13.8. The first-order chi connectivity index (χ1) is 15.2. The third-order valence-electron chi connectivity index (χ3n) is 13.3. The van der Waals surface area contributed by atoms with Crippen LogP contribution in [0.15, 0.2) is 11.6 Å². The minimum atomic E-state index is -0.257. The molecule has 0 aromatic rings. The fourth-order valence-corrected chi connectivity index (χ4v) is 11.0. The van der Waals surface area contributed by atoms with Crippen molar-refractivity contribution in [1.29, 1.82) is 0 Å². The van der Waals surface area contributed by atoms with Gasteiger partial charge in [0.1, 0.15) is 6.10 Å². The highest BCUT2D eigenvalue weighted by Crippen LogP contribution is 2.77. The van der Waals surface area contributed by atoms with Crippen molar-refractivity contribution < 1.29 is 14.6 Å². The number of ether oxygens (including phenoxy) is 1. The SMILES string of the molecule is CC1(C)CC[C@@]23C[C@@H](OC2=O)[C@]2(C)C(=CC[C@@H]4[C@@]5(C)CC[C@H](O)C(C)(C)[C@@H]5CC[C@]42C)[C@@H]3C1. The number of esters is 1. The number of fused-ring (bicyclic) bond motifs is 8. The Morgan fingerprint density at radius 3 is 2.36 bits per heavy atom. The Hall–Kier alpha value is -0.830. The van der Waals surface area contributed by atoms with Gasteiger partial charge in [0.2, 0.25) is 0 Å². The molecule has 1 aliphatic heterocycles. The van der Waals surface area contributed by atoms with Crippen LogP contribution >= 0.6 is 0 Å². The predicted octanol–water partition coefficient (Wildman–Crippen LogP) is 6.68. The molecule has 6 rings (SSSR count). The molecule has 0 amide bonds. The van der Waals surface area contributed by atoms with Gasteiger partial charge in [-0.05, 0) is 90.8 Å². The summed E-state index contributed by atoms with van der Waals surface area (Å²) >= 11 is 0. The van der Waals surface area contributed by atoms with E-state index in [2.05, 4.69) is 54.5 Å². The molecule has 9 atom stereocenters. The number of hydrogen-bond donors (Lipinski definition) is 1. The van der Waals surface area contributed by atoms with Gasteiger partial charge in [0.15, 0.2) is 0 Å². The molecule has 0 aromatic carbocycles. The lowest BCUT2D eigenvalue weighted by atomic mass is 9.33. The molecule has 3 heteroatoms. The number of aliphatic hydroxyl groups excluding tert-OH is 1. The maximum absolute atomic E-state index is 13.5. The quantitative estimate of drug-likeness (QED) is 0.328. The summed E-state index contributed by atoms with van der Waals surface area (Å²) in [5, 5.41) is 10.9. The van der Waals surface area contributed by atoms with Gasteiger partial charge < -0.3 is 9.84 Å². The summed E-state index contributed by atoms with van der Waals surface area (Å²) in [5.74, 6) is 1.59. The molecular weight excluding hydrogens is 408 g/mol. The van der Waals surface area contributed by atoms with Gasteiger partial charge in [-0.2, -0.15) is 0 Å². The van der Waals surface area contributed by atoms with Gasteiger partial charge in [-0.3, -0.25) is 4.79 Å². The summed E-state index contributed by atoms with van der Waals surface area (Å²) in [7, 11) is 0. The Labute approximate surface area is 201 Å². The van der Waals surface area contributed by atoms with E-state index in [1.807, 2.05) is 0 Å². The molecule has 0 radical (unpaired) electrons. The van der Waals surface area contributed by atoms with Gasteiger partial charge >= 0.3 is 5.97 Å². The first kappa shape index (κ1) is 22.6. The molecule has 0 aromatic heterocycles. The van der Waals surface area contributed by atoms with Gasteiger partial charge in [-0.1, -0.05) is 60.1 Å². The topological polar surface area (TPSA) is 46.5 Å². The summed E-state index contributed by atoms with van der Waals surface area (Å²) in [6.45, 7) is 17.0. The van der Waals surface area contributed by atoms with Gasteiger partial charge in [0, 0.05) is 11.8 Å². The smallest absolute Gasteiger partial charge is 0.313 e. The molecule has 33 heavy (non-hydrogen) atoms. The maximum atomic E-state index is 13.5. The van der Waals surface area contributed by atoms with Crippen molar-refractivity contribution in [1.82, 2.24) is 0 Å². The fourth-order valence-electron chi connectivity index (χ4n) is 11.0. The zero-order valence-corrected chi connectivity index (χ0v) is 22.1. The van der Waals surface area contributed by atoms with Crippen LogP contribution in [-0.2, 0) is 9.53 Å². The van der Waals surface area contributed by atoms with Crippen molar-refractivity contribution in [2.45, 2.75) is 118 Å². The number of rotatable bonds is 0. The van der Waals surface area contributed by atoms with Crippen LogP contribution in [0.1, 0.15) is 106 Å². The Kier molecular flexibility index (Phi) is 4.31. The molecule has 6 aliphatic rings. The van der Waals surface area contributed by atoms with Crippen LogP contribution in [0.2, 0.25) is 0 Å². The Morgan fingerprint density at radius 2 is 1.64 bits per heavy atom. The Balaban J connectivity index is 1.48. The van der Waals surface area contributed by atoms with Crippen molar-refractivity contribution >= 4 is 5.97 Å². The zero-order chi connectivity index (χ0) is 23.8. The molecule has 0 unspecified atom stereocenters. The highest BCUT2D eigenvalue weighted by Gasteiger charge is 2.74. The van der Waals surface area contributed by atoms with E-state index >= 15 is 0 Å². The highest BCUT2D eigenvalue weighted by molar-refractivity contribution is 5.82. The van der Waals surface area contributed by atoms with E-state index in [0.717, 1.165) is 44.9 Å². The van der Waals surface area contributed by atoms with Gasteiger partial charge in [0.25, 0.3) is 0 Å². The van der Waals surface area contributed by atoms with E-state index in [1.54, 1.807) is 5.57 Å². The maximum Gasteiger partial charge on any atom is 0.313 e. The van der Waals surface area contributed by atoms with Crippen LogP contribution in [-0.4, -0.2) is 23.3 Å². The monoisotopic (exact) mass is 454 g/mol. The van der Waals surface area contributed by atoms with Crippen molar-refractivity contribution in [2.24, 2.45) is 50.2 Å². The number of carbonyl (C=O) groups is 1. The van der Waals surface area contributed by atoms with E-state index < -0.39 is 0 Å². The van der Waals surface area contributed by atoms with E-state index in [0.29, 0.717) is 17.8 Å². The van der Waals surface area contributed by atoms with Crippen molar-refractivity contribution in [2.75, 3.05) is 0 Å². The van der Waals surface area contributed by atoms with Crippen LogP contribution in [0.4, 0.5) is 0 Å². The number of aliphatic hydroxyl groups is 1. The van der Waals surface area contributed by atoms with Crippen LogP contribution in [0.3, 0.4) is 0 Å². The van der Waals surface area contributed by atoms with Crippen LogP contribution in [0.5, 0.6) is 0 Å². The molecule has 1 spiro atoms. The summed E-state index contributed by atoms with van der Waals surface area (Å²) in [6, 6.07) is 0. The minimum Gasteiger partial charge on any atom is -0.461 e.